The first kappa shape index (κ1) is 24.2. The summed E-state index contributed by atoms with van der Waals surface area (Å²) in [6.07, 6.45) is 0.730. The molecule has 11 heteroatoms. The van der Waals surface area contributed by atoms with Crippen LogP contribution in [0.5, 0.6) is 5.75 Å². The Morgan fingerprint density at radius 1 is 1.35 bits per heavy atom. The van der Waals surface area contributed by atoms with Crippen molar-refractivity contribution in [3.05, 3.63) is 74.5 Å². The van der Waals surface area contributed by atoms with E-state index in [9.17, 15) is 14.4 Å². The second-order valence-electron chi connectivity index (χ2n) is 7.33. The van der Waals surface area contributed by atoms with Gasteiger partial charge < -0.3 is 4.74 Å². The molecule has 0 spiro atoms. The fraction of sp³-hybridized carbons (Fsp3) is 0.174. The number of nitrogens with zero attached hydrogens (tertiary/aromatic N) is 3. The SMILES string of the molecule is C=CCSc1n[n+]2c(c(=O)[nH]1)-c1ccccc1N(C(C)=O)[C@@H]2c1cc(Cl)cc(Br)c1OC(C)=O. The number of anilines is 1. The van der Waals surface area contributed by atoms with Crippen molar-refractivity contribution in [1.29, 1.82) is 0 Å². The predicted octanol–water partition coefficient (Wildman–Crippen LogP) is 4.26. The fourth-order valence-electron chi connectivity index (χ4n) is 3.82. The number of thioether (sulfide) groups is 1. The highest BCUT2D eigenvalue weighted by atomic mass is 79.9. The second kappa shape index (κ2) is 9.73. The van der Waals surface area contributed by atoms with Gasteiger partial charge in [-0.25, -0.2) is 4.90 Å². The summed E-state index contributed by atoms with van der Waals surface area (Å²) in [4.78, 5) is 42.5. The number of fused-ring (bicyclic) bond motifs is 3. The molecule has 0 aliphatic carbocycles. The van der Waals surface area contributed by atoms with Crippen LogP contribution in [0.3, 0.4) is 0 Å². The number of nitrogens with one attached hydrogen (secondary N) is 1. The summed E-state index contributed by atoms with van der Waals surface area (Å²) in [7, 11) is 0. The third kappa shape index (κ3) is 4.40. The molecule has 1 aliphatic rings. The maximum atomic E-state index is 13.3. The first-order chi connectivity index (χ1) is 16.2. The molecular formula is C23H19BrClN4O4S+. The van der Waals surface area contributed by atoms with Crippen molar-refractivity contribution in [2.45, 2.75) is 25.2 Å². The Labute approximate surface area is 212 Å². The van der Waals surface area contributed by atoms with Crippen molar-refractivity contribution >= 4 is 56.9 Å². The third-order valence-electron chi connectivity index (χ3n) is 5.00. The van der Waals surface area contributed by atoms with Crippen molar-refractivity contribution in [3.8, 4) is 17.0 Å². The van der Waals surface area contributed by atoms with Gasteiger partial charge in [-0.15, -0.1) is 6.58 Å². The topological polar surface area (TPSA) is 96.2 Å². The molecule has 0 bridgehead atoms. The van der Waals surface area contributed by atoms with E-state index in [1.807, 2.05) is 0 Å². The molecule has 2 heterocycles. The van der Waals surface area contributed by atoms with Crippen LogP contribution in [0.2, 0.25) is 5.02 Å². The number of para-hydroxylation sites is 1. The highest BCUT2D eigenvalue weighted by molar-refractivity contribution is 9.10. The number of hydrogen-bond acceptors (Lipinski definition) is 6. The molecule has 4 rings (SSSR count). The summed E-state index contributed by atoms with van der Waals surface area (Å²) in [5, 5.41) is 5.35. The molecule has 1 N–H and O–H groups in total. The molecule has 0 saturated carbocycles. The Kier molecular flexibility index (Phi) is 6.92. The summed E-state index contributed by atoms with van der Waals surface area (Å²) in [5.74, 6) is -0.168. The first-order valence-corrected chi connectivity index (χ1v) is 12.2. The molecule has 2 aromatic carbocycles. The first-order valence-electron chi connectivity index (χ1n) is 10.1. The van der Waals surface area contributed by atoms with E-state index < -0.39 is 12.1 Å². The summed E-state index contributed by atoms with van der Waals surface area (Å²) >= 11 is 11.1. The Morgan fingerprint density at radius 3 is 2.76 bits per heavy atom. The number of H-pyrrole nitrogens is 1. The molecule has 3 aromatic rings. The maximum Gasteiger partial charge on any atom is 0.325 e. The summed E-state index contributed by atoms with van der Waals surface area (Å²) < 4.78 is 7.40. The van der Waals surface area contributed by atoms with E-state index in [0.29, 0.717) is 37.2 Å². The summed E-state index contributed by atoms with van der Waals surface area (Å²) in [6, 6.07) is 10.2. The molecule has 1 atom stereocenters. The predicted molar refractivity (Wildman–Crippen MR) is 133 cm³/mol. The van der Waals surface area contributed by atoms with Gasteiger partial charge in [0.05, 0.1) is 21.3 Å². The van der Waals surface area contributed by atoms with E-state index in [2.05, 4.69) is 32.6 Å². The molecule has 0 unspecified atom stereocenters. The molecule has 1 amide bonds. The average molecular weight is 563 g/mol. The van der Waals surface area contributed by atoms with Crippen molar-refractivity contribution < 1.29 is 19.0 Å². The third-order valence-corrected chi connectivity index (χ3v) is 6.66. The van der Waals surface area contributed by atoms with Crippen molar-refractivity contribution in [2.24, 2.45) is 0 Å². The molecule has 8 nitrogen and oxygen atoms in total. The van der Waals surface area contributed by atoms with E-state index >= 15 is 0 Å². The molecule has 34 heavy (non-hydrogen) atoms. The van der Waals surface area contributed by atoms with Gasteiger partial charge in [-0.1, -0.05) is 41.6 Å². The standard InChI is InChI=1S/C23H18BrClN4O4S/c1-4-9-34-23-26-21(32)19-15-7-5-6-8-18(15)28(12(2)30)22(29(19)27-23)16-10-14(25)11-17(24)20(16)33-13(3)31/h4-8,10-11,22H,1,9H2,2-3H3/p+1/t22-/m0/s1. The summed E-state index contributed by atoms with van der Waals surface area (Å²) in [6.45, 7) is 6.40. The van der Waals surface area contributed by atoms with Crippen LogP contribution < -0.4 is 19.9 Å². The fourth-order valence-corrected chi connectivity index (χ4v) is 5.32. The number of halogens is 2. The lowest BCUT2D eigenvalue weighted by atomic mass is 10.0. The van der Waals surface area contributed by atoms with Crippen molar-refractivity contribution in [1.82, 2.24) is 10.1 Å². The van der Waals surface area contributed by atoms with Crippen molar-refractivity contribution in [2.75, 3.05) is 10.7 Å². The zero-order valence-electron chi connectivity index (χ0n) is 18.2. The lowest BCUT2D eigenvalue weighted by Crippen LogP contribution is -2.60. The van der Waals surface area contributed by atoms with Crippen LogP contribution in [0.1, 0.15) is 25.6 Å². The highest BCUT2D eigenvalue weighted by Crippen LogP contribution is 2.43. The number of amides is 1. The number of esters is 1. The van der Waals surface area contributed by atoms with E-state index in [1.165, 1.54) is 35.2 Å². The van der Waals surface area contributed by atoms with Gasteiger partial charge >= 0.3 is 17.2 Å². The van der Waals surface area contributed by atoms with Gasteiger partial charge in [0.2, 0.25) is 11.1 Å². The minimum Gasteiger partial charge on any atom is -0.425 e. The van der Waals surface area contributed by atoms with E-state index in [1.54, 1.807) is 42.5 Å². The molecule has 174 valence electrons. The molecule has 0 saturated heterocycles. The van der Waals surface area contributed by atoms with Crippen LogP contribution in [0.4, 0.5) is 5.69 Å². The Morgan fingerprint density at radius 2 is 2.09 bits per heavy atom. The molecule has 1 aliphatic heterocycles. The van der Waals surface area contributed by atoms with Gasteiger partial charge in [0.25, 0.3) is 6.17 Å². The zero-order chi connectivity index (χ0) is 24.6. The number of carbonyl (C=O) groups excluding carboxylic acids is 2. The average Bonchev–Trinajstić information content (AvgIpc) is 2.77. The van der Waals surface area contributed by atoms with Gasteiger partial charge in [0, 0.05) is 29.7 Å². The Bertz CT molecular complexity index is 1390. The Balaban J connectivity index is 2.10. The van der Waals surface area contributed by atoms with Crippen LogP contribution in [-0.4, -0.2) is 27.7 Å². The molecule has 1 aromatic heterocycles. The molecule has 0 fully saturated rings. The number of carbonyl (C=O) groups is 2. The van der Waals surface area contributed by atoms with Gasteiger partial charge in [0.1, 0.15) is 0 Å². The van der Waals surface area contributed by atoms with Crippen LogP contribution in [0.25, 0.3) is 11.3 Å². The van der Waals surface area contributed by atoms with Crippen LogP contribution in [0, 0.1) is 0 Å². The monoisotopic (exact) mass is 561 g/mol. The Hall–Kier alpha value is -2.95. The van der Waals surface area contributed by atoms with E-state index in [4.69, 9.17) is 16.3 Å². The lowest BCUT2D eigenvalue weighted by molar-refractivity contribution is -0.763. The zero-order valence-corrected chi connectivity index (χ0v) is 21.3. The minimum atomic E-state index is -0.961. The minimum absolute atomic E-state index is 0.174. The number of aromatic amines is 1. The van der Waals surface area contributed by atoms with Gasteiger partial charge in [-0.2, -0.15) is 0 Å². The quantitative estimate of drug-likeness (QED) is 0.164. The van der Waals surface area contributed by atoms with Gasteiger partial charge in [-0.3, -0.25) is 19.4 Å². The number of ether oxygens (including phenoxy) is 1. The number of hydrogen-bond donors (Lipinski definition) is 1. The lowest BCUT2D eigenvalue weighted by Gasteiger charge is -2.32. The van der Waals surface area contributed by atoms with E-state index in [-0.39, 0.29) is 22.9 Å². The number of rotatable bonds is 5. The van der Waals surface area contributed by atoms with E-state index in [0.717, 1.165) is 0 Å². The van der Waals surface area contributed by atoms with Gasteiger partial charge in [0.15, 0.2) is 5.75 Å². The van der Waals surface area contributed by atoms with Crippen LogP contribution in [-0.2, 0) is 9.59 Å². The summed E-state index contributed by atoms with van der Waals surface area (Å²) in [5.41, 5.74) is 1.31. The second-order valence-corrected chi connectivity index (χ2v) is 9.63. The maximum absolute atomic E-state index is 13.3. The highest BCUT2D eigenvalue weighted by Gasteiger charge is 2.46. The van der Waals surface area contributed by atoms with Crippen molar-refractivity contribution in [3.63, 3.8) is 0 Å². The number of benzene rings is 2. The molecule has 0 radical (unpaired) electrons. The normalized spacial score (nSPS) is 14.2. The molecular weight excluding hydrogens is 544 g/mol. The largest absolute Gasteiger partial charge is 0.425 e. The van der Waals surface area contributed by atoms with Gasteiger partial charge in [-0.05, 0) is 44.9 Å². The van der Waals surface area contributed by atoms with Crippen LogP contribution in [0.15, 0.2) is 63.5 Å². The number of aromatic nitrogens is 3. The van der Waals surface area contributed by atoms with Crippen LogP contribution >= 0.6 is 39.3 Å². The smallest absolute Gasteiger partial charge is 0.325 e.